The molecule has 0 heterocycles. The maximum atomic E-state index is 2.44. The van der Waals surface area contributed by atoms with Crippen LogP contribution < -0.4 is 0 Å². The van der Waals surface area contributed by atoms with E-state index in [-0.39, 0.29) is 0 Å². The highest BCUT2D eigenvalue weighted by Crippen LogP contribution is 2.15. The fourth-order valence-corrected chi connectivity index (χ4v) is 5.23. The Labute approximate surface area is 218 Å². The molecule has 0 spiro atoms. The molecule has 0 aliphatic heterocycles. The van der Waals surface area contributed by atoms with Gasteiger partial charge >= 0.3 is 0 Å². The lowest BCUT2D eigenvalue weighted by molar-refractivity contribution is -0.890. The van der Waals surface area contributed by atoms with Crippen LogP contribution in [-0.2, 0) is 0 Å². The van der Waals surface area contributed by atoms with Crippen molar-refractivity contribution in [1.82, 2.24) is 4.90 Å². The topological polar surface area (TPSA) is 3.24 Å². The largest absolute Gasteiger partial charge is 0.328 e. The molecular weight excluding hydrogens is 412 g/mol. The average Bonchev–Trinajstić information content (AvgIpc) is 2.79. The summed E-state index contributed by atoms with van der Waals surface area (Å²) in [6, 6.07) is 0. The van der Waals surface area contributed by atoms with E-state index >= 15 is 0 Å². The number of unbranched alkanes of at least 4 members (excludes halogenated alkanes) is 22. The highest BCUT2D eigenvalue weighted by atomic mass is 15.3. The predicted octanol–water partition coefficient (Wildman–Crippen LogP) is 10.0. The second-order valence-corrected chi connectivity index (χ2v) is 12.3. The van der Waals surface area contributed by atoms with E-state index in [1.165, 1.54) is 178 Å². The SMILES string of the molecule is CCCCCCCCCCCCCCCCCCCCCC[N+](C)(C)CCCCCCN(C)C. The van der Waals surface area contributed by atoms with Crippen LogP contribution in [0.15, 0.2) is 0 Å². The van der Waals surface area contributed by atoms with Crippen molar-refractivity contribution in [3.8, 4) is 0 Å². The van der Waals surface area contributed by atoms with Gasteiger partial charge in [0.15, 0.2) is 0 Å². The van der Waals surface area contributed by atoms with E-state index in [1.807, 2.05) is 0 Å². The Kier molecular flexibility index (Phi) is 25.9. The van der Waals surface area contributed by atoms with Gasteiger partial charge in [0.05, 0.1) is 27.2 Å². The summed E-state index contributed by atoms with van der Waals surface area (Å²) in [6.07, 6.45) is 34.9. The molecule has 2 nitrogen and oxygen atoms in total. The van der Waals surface area contributed by atoms with Gasteiger partial charge in [-0.05, 0) is 52.7 Å². The van der Waals surface area contributed by atoms with E-state index in [2.05, 4.69) is 40.0 Å². The summed E-state index contributed by atoms with van der Waals surface area (Å²) < 4.78 is 1.23. The highest BCUT2D eigenvalue weighted by Gasteiger charge is 2.13. The fraction of sp³-hybridized carbons (Fsp3) is 1.00. The van der Waals surface area contributed by atoms with Crippen LogP contribution >= 0.6 is 0 Å². The van der Waals surface area contributed by atoms with Gasteiger partial charge in [-0.25, -0.2) is 0 Å². The van der Waals surface area contributed by atoms with Crippen LogP contribution in [0.3, 0.4) is 0 Å². The molecule has 0 aliphatic rings. The molecule has 0 amide bonds. The lowest BCUT2D eigenvalue weighted by Gasteiger charge is -2.30. The van der Waals surface area contributed by atoms with Gasteiger partial charge in [0.2, 0.25) is 0 Å². The van der Waals surface area contributed by atoms with Crippen LogP contribution in [0.2, 0.25) is 0 Å². The van der Waals surface area contributed by atoms with Gasteiger partial charge in [0.25, 0.3) is 0 Å². The van der Waals surface area contributed by atoms with Crippen LogP contribution in [0.1, 0.15) is 161 Å². The summed E-state index contributed by atoms with van der Waals surface area (Å²) in [5.74, 6) is 0. The zero-order chi connectivity index (χ0) is 25.2. The summed E-state index contributed by atoms with van der Waals surface area (Å²) in [6.45, 7) is 6.29. The maximum Gasteiger partial charge on any atom is 0.0782 e. The number of hydrogen-bond acceptors (Lipinski definition) is 1. The molecule has 0 N–H and O–H groups in total. The molecule has 0 saturated heterocycles. The van der Waals surface area contributed by atoms with E-state index in [9.17, 15) is 0 Å². The summed E-state index contributed by atoms with van der Waals surface area (Å²) in [7, 11) is 9.24. The average molecular weight is 482 g/mol. The normalized spacial score (nSPS) is 12.2. The van der Waals surface area contributed by atoms with Crippen LogP contribution in [0.4, 0.5) is 0 Å². The molecule has 0 saturated carbocycles. The van der Waals surface area contributed by atoms with Crippen molar-refractivity contribution < 1.29 is 4.48 Å². The summed E-state index contributed by atoms with van der Waals surface area (Å²) in [5.41, 5.74) is 0. The van der Waals surface area contributed by atoms with Crippen LogP contribution in [-0.4, -0.2) is 57.2 Å². The van der Waals surface area contributed by atoms with E-state index in [0.717, 1.165) is 0 Å². The zero-order valence-electron chi connectivity index (χ0n) is 25.0. The van der Waals surface area contributed by atoms with Crippen molar-refractivity contribution in [2.75, 3.05) is 47.8 Å². The van der Waals surface area contributed by atoms with Gasteiger partial charge in [-0.3, -0.25) is 0 Å². The Hall–Kier alpha value is -0.0800. The Balaban J connectivity index is 3.23. The third-order valence-corrected chi connectivity index (χ3v) is 7.74. The van der Waals surface area contributed by atoms with Crippen molar-refractivity contribution in [2.24, 2.45) is 0 Å². The van der Waals surface area contributed by atoms with Crippen molar-refractivity contribution >= 4 is 0 Å². The summed E-state index contributed by atoms with van der Waals surface area (Å²) in [5, 5.41) is 0. The monoisotopic (exact) mass is 482 g/mol. The van der Waals surface area contributed by atoms with Gasteiger partial charge in [0.1, 0.15) is 0 Å². The first-order valence-corrected chi connectivity index (χ1v) is 15.9. The molecule has 0 aromatic carbocycles. The van der Waals surface area contributed by atoms with E-state index in [0.29, 0.717) is 0 Å². The first kappa shape index (κ1) is 33.9. The molecule has 2 heteroatoms. The lowest BCUT2D eigenvalue weighted by atomic mass is 10.0. The second kappa shape index (κ2) is 26.0. The van der Waals surface area contributed by atoms with E-state index in [1.54, 1.807) is 0 Å². The molecule has 0 radical (unpaired) electrons. The van der Waals surface area contributed by atoms with Gasteiger partial charge in [0, 0.05) is 0 Å². The molecule has 0 bridgehead atoms. The maximum absolute atomic E-state index is 2.44. The molecule has 0 aromatic heterocycles. The van der Waals surface area contributed by atoms with Crippen LogP contribution in [0.25, 0.3) is 0 Å². The third-order valence-electron chi connectivity index (χ3n) is 7.74. The minimum Gasteiger partial charge on any atom is -0.328 e. The summed E-state index contributed by atoms with van der Waals surface area (Å²) in [4.78, 5) is 2.31. The zero-order valence-corrected chi connectivity index (χ0v) is 25.0. The van der Waals surface area contributed by atoms with Gasteiger partial charge in [-0.1, -0.05) is 129 Å². The van der Waals surface area contributed by atoms with Crippen LogP contribution in [0, 0.1) is 0 Å². The Morgan fingerprint density at radius 3 is 0.941 bits per heavy atom. The smallest absolute Gasteiger partial charge is 0.0782 e. The predicted molar refractivity (Wildman–Crippen MR) is 157 cm³/mol. The third kappa shape index (κ3) is 28.2. The first-order chi connectivity index (χ1) is 16.5. The molecule has 0 rings (SSSR count). The van der Waals surface area contributed by atoms with E-state index in [4.69, 9.17) is 0 Å². The molecule has 0 aromatic rings. The standard InChI is InChI=1S/C32H69N2/c1-6-7-8-9-10-11-12-13-14-15-16-17-18-19-20-21-22-23-25-28-31-34(4,5)32-29-26-24-27-30-33(2)3/h6-32H2,1-5H3/q+1. The van der Waals surface area contributed by atoms with Crippen molar-refractivity contribution in [1.29, 1.82) is 0 Å². The quantitative estimate of drug-likeness (QED) is 0.0793. The number of quaternary nitrogens is 1. The van der Waals surface area contributed by atoms with Gasteiger partial charge in [-0.2, -0.15) is 0 Å². The van der Waals surface area contributed by atoms with Crippen molar-refractivity contribution in [3.05, 3.63) is 0 Å². The minimum absolute atomic E-state index is 1.23. The molecule has 0 atom stereocenters. The highest BCUT2D eigenvalue weighted by molar-refractivity contribution is 4.52. The molecule has 34 heavy (non-hydrogen) atoms. The fourth-order valence-electron chi connectivity index (χ4n) is 5.23. The summed E-state index contributed by atoms with van der Waals surface area (Å²) >= 11 is 0. The molecular formula is C32H69N2+. The second-order valence-electron chi connectivity index (χ2n) is 12.3. The number of nitrogens with zero attached hydrogens (tertiary/aromatic N) is 2. The molecule has 0 unspecified atom stereocenters. The van der Waals surface area contributed by atoms with Crippen LogP contribution in [0.5, 0.6) is 0 Å². The Morgan fingerprint density at radius 1 is 0.382 bits per heavy atom. The first-order valence-electron chi connectivity index (χ1n) is 15.9. The minimum atomic E-state index is 1.23. The molecule has 206 valence electrons. The number of hydrogen-bond donors (Lipinski definition) is 0. The van der Waals surface area contributed by atoms with Gasteiger partial charge in [-0.15, -0.1) is 0 Å². The number of rotatable bonds is 28. The van der Waals surface area contributed by atoms with Gasteiger partial charge < -0.3 is 9.38 Å². The van der Waals surface area contributed by atoms with E-state index < -0.39 is 0 Å². The molecule has 0 aliphatic carbocycles. The van der Waals surface area contributed by atoms with Crippen molar-refractivity contribution in [2.45, 2.75) is 161 Å². The van der Waals surface area contributed by atoms with Crippen molar-refractivity contribution in [3.63, 3.8) is 0 Å². The lowest BCUT2D eigenvalue weighted by Crippen LogP contribution is -2.41. The molecule has 0 fully saturated rings. The Bertz CT molecular complexity index is 377. The Morgan fingerprint density at radius 2 is 0.647 bits per heavy atom.